The van der Waals surface area contributed by atoms with Crippen LogP contribution in [0.25, 0.3) is 11.1 Å². The van der Waals surface area contributed by atoms with E-state index in [0.29, 0.717) is 11.1 Å². The number of nitrogens with one attached hydrogen (secondary N) is 4. The standard InChI is InChI=1S/C28H25F2N9O/c1-15(18-7-8-22(29)23(30)10-18)38-28(40)24-27(37-14-20(11-31)39-24)36-12-16-3-5-17(6-4-16)19-9-21(25(32)34-2)26(33)35-13-19/h3-10,13-15H,12H2,1-2H3,(H2,32,34)(H2,33,35)(H,36,37)(H,38,40)/t15-/m0/s1. The number of pyridine rings is 1. The maximum atomic E-state index is 13.7. The first-order chi connectivity index (χ1) is 19.2. The lowest BCUT2D eigenvalue weighted by molar-refractivity contribution is 0.0935. The second kappa shape index (κ2) is 12.0. The van der Waals surface area contributed by atoms with E-state index in [1.807, 2.05) is 30.3 Å². The summed E-state index contributed by atoms with van der Waals surface area (Å²) in [7, 11) is 1.64. The molecule has 4 rings (SSSR count). The van der Waals surface area contributed by atoms with E-state index in [-0.39, 0.29) is 35.4 Å². The van der Waals surface area contributed by atoms with E-state index in [4.69, 9.17) is 11.1 Å². The summed E-state index contributed by atoms with van der Waals surface area (Å²) in [4.78, 5) is 25.5. The number of anilines is 2. The van der Waals surface area contributed by atoms with E-state index in [1.165, 1.54) is 12.3 Å². The normalized spacial score (nSPS) is 11.3. The number of amides is 1. The number of nitrogens with two attached hydrogens (primary N) is 1. The fraction of sp³-hybridized carbons (Fsp3) is 0.143. The molecule has 40 heavy (non-hydrogen) atoms. The Hall–Kier alpha value is -5.44. The molecule has 1 amide bonds. The molecule has 0 fully saturated rings. The lowest BCUT2D eigenvalue weighted by Gasteiger charge is -2.16. The van der Waals surface area contributed by atoms with Crippen LogP contribution in [-0.4, -0.2) is 33.7 Å². The topological polar surface area (TPSA) is 165 Å². The summed E-state index contributed by atoms with van der Waals surface area (Å²) in [5.41, 5.74) is 9.10. The number of nitrogens with zero attached hydrogens (tertiary/aromatic N) is 4. The van der Waals surface area contributed by atoms with Crippen LogP contribution in [0.1, 0.15) is 45.8 Å². The second-order valence-corrected chi connectivity index (χ2v) is 8.77. The highest BCUT2D eigenvalue weighted by molar-refractivity contribution is 6.01. The first kappa shape index (κ1) is 27.6. The van der Waals surface area contributed by atoms with Gasteiger partial charge in [0.25, 0.3) is 5.91 Å². The fourth-order valence-electron chi connectivity index (χ4n) is 3.83. The van der Waals surface area contributed by atoms with Crippen LogP contribution in [0.3, 0.4) is 0 Å². The van der Waals surface area contributed by atoms with Gasteiger partial charge in [-0.1, -0.05) is 30.3 Å². The van der Waals surface area contributed by atoms with Gasteiger partial charge in [0.2, 0.25) is 0 Å². The van der Waals surface area contributed by atoms with Crippen LogP contribution in [0, 0.1) is 28.4 Å². The molecule has 202 valence electrons. The monoisotopic (exact) mass is 541 g/mol. The van der Waals surface area contributed by atoms with E-state index < -0.39 is 23.6 Å². The molecule has 0 aliphatic rings. The summed E-state index contributed by atoms with van der Waals surface area (Å²) >= 11 is 0. The molecule has 4 aromatic rings. The molecule has 0 aliphatic heterocycles. The smallest absolute Gasteiger partial charge is 0.274 e. The first-order valence-corrected chi connectivity index (χ1v) is 12.1. The highest BCUT2D eigenvalue weighted by Gasteiger charge is 2.19. The Bertz CT molecular complexity index is 1620. The average Bonchev–Trinajstić information content (AvgIpc) is 2.97. The van der Waals surface area contributed by atoms with Crippen LogP contribution in [0.5, 0.6) is 0 Å². The Morgan fingerprint density at radius 3 is 2.50 bits per heavy atom. The number of amidine groups is 1. The number of hydrogen-bond donors (Lipinski definition) is 5. The van der Waals surface area contributed by atoms with E-state index >= 15 is 0 Å². The first-order valence-electron chi connectivity index (χ1n) is 12.1. The maximum absolute atomic E-state index is 13.7. The third-order valence-electron chi connectivity index (χ3n) is 6.08. The van der Waals surface area contributed by atoms with Gasteiger partial charge in [-0.15, -0.1) is 0 Å². The molecule has 2 aromatic heterocycles. The molecular formula is C28H25F2N9O. The van der Waals surface area contributed by atoms with Gasteiger partial charge in [-0.05, 0) is 41.8 Å². The summed E-state index contributed by atoms with van der Waals surface area (Å²) in [6.45, 7) is 1.90. The predicted molar refractivity (Wildman–Crippen MR) is 146 cm³/mol. The molecule has 10 nitrogen and oxygen atoms in total. The van der Waals surface area contributed by atoms with Gasteiger partial charge in [0.05, 0.1) is 17.8 Å². The Morgan fingerprint density at radius 2 is 1.82 bits per heavy atom. The van der Waals surface area contributed by atoms with Crippen LogP contribution in [-0.2, 0) is 6.54 Å². The van der Waals surface area contributed by atoms with Crippen molar-refractivity contribution < 1.29 is 13.6 Å². The van der Waals surface area contributed by atoms with Gasteiger partial charge in [-0.3, -0.25) is 10.2 Å². The Morgan fingerprint density at radius 1 is 1.07 bits per heavy atom. The number of hydrogen-bond acceptors (Lipinski definition) is 8. The van der Waals surface area contributed by atoms with Crippen molar-refractivity contribution >= 4 is 23.4 Å². The Kier molecular flexibility index (Phi) is 8.24. The second-order valence-electron chi connectivity index (χ2n) is 8.77. The predicted octanol–water partition coefficient (Wildman–Crippen LogP) is 3.92. The SMILES string of the molecule is CNC(=N)c1cc(-c2ccc(CNc3ncc(C#N)nc3C(=O)N[C@@H](C)c3ccc(F)c(F)c3)cc2)cnc1N. The van der Waals surface area contributed by atoms with Gasteiger partial charge in [0.15, 0.2) is 28.8 Å². The number of nitriles is 1. The average molecular weight is 542 g/mol. The molecular weight excluding hydrogens is 516 g/mol. The van der Waals surface area contributed by atoms with Crippen molar-refractivity contribution in [1.82, 2.24) is 25.6 Å². The quantitative estimate of drug-likeness (QED) is 0.165. The highest BCUT2D eigenvalue weighted by atomic mass is 19.2. The van der Waals surface area contributed by atoms with Gasteiger partial charge in [-0.25, -0.2) is 23.7 Å². The molecule has 0 unspecified atom stereocenters. The van der Waals surface area contributed by atoms with E-state index in [1.54, 1.807) is 26.2 Å². The molecule has 12 heteroatoms. The summed E-state index contributed by atoms with van der Waals surface area (Å²) in [5.74, 6) is -2.08. The zero-order valence-corrected chi connectivity index (χ0v) is 21.6. The third-order valence-corrected chi connectivity index (χ3v) is 6.08. The number of nitrogen functional groups attached to an aromatic ring is 1. The van der Waals surface area contributed by atoms with Crippen molar-refractivity contribution in [2.24, 2.45) is 0 Å². The lowest BCUT2D eigenvalue weighted by Crippen LogP contribution is -2.29. The minimum Gasteiger partial charge on any atom is -0.383 e. The fourth-order valence-corrected chi connectivity index (χ4v) is 3.83. The van der Waals surface area contributed by atoms with E-state index in [0.717, 1.165) is 28.8 Å². The lowest BCUT2D eigenvalue weighted by atomic mass is 10.0. The summed E-state index contributed by atoms with van der Waals surface area (Å²) < 4.78 is 26.9. The number of benzene rings is 2. The van der Waals surface area contributed by atoms with Gasteiger partial charge < -0.3 is 21.7 Å². The number of halogens is 2. The van der Waals surface area contributed by atoms with Crippen molar-refractivity contribution in [2.75, 3.05) is 18.1 Å². The maximum Gasteiger partial charge on any atom is 0.274 e. The molecule has 0 spiro atoms. The number of carbonyl (C=O) groups is 1. The van der Waals surface area contributed by atoms with Crippen molar-refractivity contribution in [3.63, 3.8) is 0 Å². The number of rotatable bonds is 8. The summed E-state index contributed by atoms with van der Waals surface area (Å²) in [5, 5.41) is 25.7. The van der Waals surface area contributed by atoms with Crippen LogP contribution in [0.15, 0.2) is 60.9 Å². The number of aromatic nitrogens is 3. The summed E-state index contributed by atoms with van der Waals surface area (Å²) in [6.07, 6.45) is 2.88. The van der Waals surface area contributed by atoms with Gasteiger partial charge in [0, 0.05) is 25.4 Å². The molecule has 6 N–H and O–H groups in total. The Labute approximate surface area is 228 Å². The van der Waals surface area contributed by atoms with E-state index in [9.17, 15) is 18.8 Å². The van der Waals surface area contributed by atoms with Crippen molar-refractivity contribution in [1.29, 1.82) is 10.7 Å². The van der Waals surface area contributed by atoms with Crippen LogP contribution in [0.2, 0.25) is 0 Å². The summed E-state index contributed by atoms with van der Waals surface area (Å²) in [6, 6.07) is 13.9. The molecule has 0 saturated carbocycles. The molecule has 1 atom stereocenters. The molecule has 0 bridgehead atoms. The molecule has 0 saturated heterocycles. The van der Waals surface area contributed by atoms with Crippen LogP contribution < -0.4 is 21.7 Å². The Balaban J connectivity index is 1.49. The van der Waals surface area contributed by atoms with Crippen LogP contribution in [0.4, 0.5) is 20.4 Å². The zero-order chi connectivity index (χ0) is 28.8. The van der Waals surface area contributed by atoms with Gasteiger partial charge >= 0.3 is 0 Å². The van der Waals surface area contributed by atoms with Crippen molar-refractivity contribution in [3.8, 4) is 17.2 Å². The molecule has 0 radical (unpaired) electrons. The molecule has 2 heterocycles. The largest absolute Gasteiger partial charge is 0.383 e. The van der Waals surface area contributed by atoms with Crippen LogP contribution >= 0.6 is 0 Å². The van der Waals surface area contributed by atoms with Gasteiger partial charge in [0.1, 0.15) is 17.7 Å². The minimum absolute atomic E-state index is 0.0524. The van der Waals surface area contributed by atoms with E-state index in [2.05, 4.69) is 30.9 Å². The van der Waals surface area contributed by atoms with Crippen molar-refractivity contribution in [3.05, 3.63) is 101 Å². The third kappa shape index (κ3) is 6.16. The molecule has 0 aliphatic carbocycles. The molecule has 2 aromatic carbocycles. The van der Waals surface area contributed by atoms with Crippen molar-refractivity contribution in [2.45, 2.75) is 19.5 Å². The number of carbonyl (C=O) groups excluding carboxylic acids is 1. The highest BCUT2D eigenvalue weighted by Crippen LogP contribution is 2.23. The van der Waals surface area contributed by atoms with Gasteiger partial charge in [-0.2, -0.15) is 5.26 Å². The minimum atomic E-state index is -1.02. The zero-order valence-electron chi connectivity index (χ0n) is 21.6.